The lowest BCUT2D eigenvalue weighted by molar-refractivity contribution is -0.143. The number of rotatable bonds is 6. The number of hydrogen-bond acceptors (Lipinski definition) is 9. The van der Waals surface area contributed by atoms with E-state index in [0.29, 0.717) is 48.4 Å². The summed E-state index contributed by atoms with van der Waals surface area (Å²) in [4.78, 5) is 31.6. The maximum Gasteiger partial charge on any atom is 0.258 e. The molecule has 5 rings (SSSR count). The van der Waals surface area contributed by atoms with Crippen LogP contribution in [0.3, 0.4) is 0 Å². The average molecular weight is 463 g/mol. The molecule has 1 aromatic carbocycles. The van der Waals surface area contributed by atoms with Crippen molar-refractivity contribution in [2.75, 3.05) is 18.9 Å². The van der Waals surface area contributed by atoms with Crippen molar-refractivity contribution in [3.8, 4) is 22.0 Å². The van der Waals surface area contributed by atoms with Crippen molar-refractivity contribution in [2.45, 2.75) is 25.5 Å². The van der Waals surface area contributed by atoms with Crippen LogP contribution < -0.4 is 5.32 Å². The van der Waals surface area contributed by atoms with Crippen LogP contribution in [0, 0.1) is 6.92 Å². The number of nitrogens with one attached hydrogen (secondary N) is 1. The number of carbonyl (C=O) groups is 1. The van der Waals surface area contributed by atoms with Crippen LogP contribution in [0.5, 0.6) is 0 Å². The van der Waals surface area contributed by atoms with Gasteiger partial charge in [0, 0.05) is 44.1 Å². The van der Waals surface area contributed by atoms with Gasteiger partial charge in [-0.05, 0) is 17.7 Å². The minimum Gasteiger partial charge on any atom is -0.444 e. The first-order valence-corrected chi connectivity index (χ1v) is 11.3. The van der Waals surface area contributed by atoms with E-state index in [1.165, 1.54) is 11.3 Å². The lowest BCUT2D eigenvalue weighted by Gasteiger charge is -2.21. The Labute approximate surface area is 194 Å². The molecule has 9 nitrogen and oxygen atoms in total. The molecule has 10 heteroatoms. The summed E-state index contributed by atoms with van der Waals surface area (Å²) in [5, 5.41) is 16.8. The third-order valence-corrected chi connectivity index (χ3v) is 6.50. The van der Waals surface area contributed by atoms with Crippen LogP contribution in [0.1, 0.15) is 23.6 Å². The van der Waals surface area contributed by atoms with Crippen LogP contribution in [-0.2, 0) is 16.9 Å². The third-order valence-electron chi connectivity index (χ3n) is 5.61. The number of anilines is 1. The van der Waals surface area contributed by atoms with Gasteiger partial charge in [0.1, 0.15) is 16.5 Å². The van der Waals surface area contributed by atoms with Crippen molar-refractivity contribution in [1.29, 1.82) is 0 Å². The molecule has 1 aliphatic heterocycles. The Morgan fingerprint density at radius 1 is 1.24 bits per heavy atom. The number of thiazole rings is 1. The number of benzene rings is 1. The number of nitrogens with zero attached hydrogens (tertiary/aromatic N) is 5. The summed E-state index contributed by atoms with van der Waals surface area (Å²) in [6.45, 7) is 2.75. The Bertz CT molecular complexity index is 1320. The highest BCUT2D eigenvalue weighted by atomic mass is 32.1. The molecular formula is C23H22N6O3S. The molecular weight excluding hydrogens is 440 g/mol. The van der Waals surface area contributed by atoms with Crippen molar-refractivity contribution in [2.24, 2.45) is 0 Å². The molecule has 1 atom stereocenters. The first-order valence-electron chi connectivity index (χ1n) is 10.5. The van der Waals surface area contributed by atoms with Crippen LogP contribution >= 0.6 is 11.3 Å². The minimum atomic E-state index is -1.49. The highest BCUT2D eigenvalue weighted by molar-refractivity contribution is 7.13. The molecule has 3 aromatic heterocycles. The smallest absolute Gasteiger partial charge is 0.258 e. The number of aliphatic hydroxyl groups is 1. The third kappa shape index (κ3) is 4.10. The van der Waals surface area contributed by atoms with E-state index in [2.05, 4.69) is 20.3 Å². The largest absolute Gasteiger partial charge is 0.444 e. The van der Waals surface area contributed by atoms with Crippen molar-refractivity contribution in [3.05, 3.63) is 65.3 Å². The predicted molar refractivity (Wildman–Crippen MR) is 123 cm³/mol. The van der Waals surface area contributed by atoms with Gasteiger partial charge in [-0.15, -0.1) is 11.3 Å². The highest BCUT2D eigenvalue weighted by Crippen LogP contribution is 2.36. The van der Waals surface area contributed by atoms with Crippen molar-refractivity contribution in [3.63, 3.8) is 0 Å². The molecule has 2 N–H and O–H groups in total. The zero-order chi connectivity index (χ0) is 23.0. The second-order valence-corrected chi connectivity index (χ2v) is 8.78. The second kappa shape index (κ2) is 8.38. The van der Waals surface area contributed by atoms with Crippen LogP contribution in [0.4, 0.5) is 5.95 Å². The van der Waals surface area contributed by atoms with Crippen LogP contribution in [-0.4, -0.2) is 49.4 Å². The van der Waals surface area contributed by atoms with Gasteiger partial charge in [0.15, 0.2) is 11.5 Å². The van der Waals surface area contributed by atoms with Gasteiger partial charge in [-0.25, -0.2) is 19.9 Å². The number of aryl methyl sites for hydroxylation is 1. The van der Waals surface area contributed by atoms with E-state index in [1.807, 2.05) is 23.6 Å². The van der Waals surface area contributed by atoms with Gasteiger partial charge in [-0.3, -0.25) is 4.79 Å². The van der Waals surface area contributed by atoms with Gasteiger partial charge in [0.05, 0.1) is 18.4 Å². The van der Waals surface area contributed by atoms with E-state index in [-0.39, 0.29) is 5.91 Å². The number of likely N-dealkylation sites (tertiary alicyclic amines) is 1. The van der Waals surface area contributed by atoms with Crippen molar-refractivity contribution >= 4 is 23.2 Å². The number of hydrogen-bond donors (Lipinski definition) is 2. The summed E-state index contributed by atoms with van der Waals surface area (Å²) in [7, 11) is 1.70. The lowest BCUT2D eigenvalue weighted by Crippen LogP contribution is -2.36. The molecule has 0 saturated carbocycles. The van der Waals surface area contributed by atoms with Crippen molar-refractivity contribution in [1.82, 2.24) is 24.8 Å². The fraction of sp³-hybridized carbons (Fsp3) is 0.261. The molecule has 1 aliphatic rings. The molecule has 33 heavy (non-hydrogen) atoms. The molecule has 4 aromatic rings. The van der Waals surface area contributed by atoms with E-state index < -0.39 is 5.60 Å². The molecule has 168 valence electrons. The summed E-state index contributed by atoms with van der Waals surface area (Å²) in [5.41, 5.74) is 1.35. The summed E-state index contributed by atoms with van der Waals surface area (Å²) in [5.74, 6) is 1.49. The van der Waals surface area contributed by atoms with E-state index in [4.69, 9.17) is 9.40 Å². The maximum atomic E-state index is 12.5. The van der Waals surface area contributed by atoms with E-state index >= 15 is 0 Å². The summed E-state index contributed by atoms with van der Waals surface area (Å²) in [6, 6.07) is 9.19. The van der Waals surface area contributed by atoms with Gasteiger partial charge >= 0.3 is 0 Å². The van der Waals surface area contributed by atoms with Crippen LogP contribution in [0.25, 0.3) is 22.0 Å². The fourth-order valence-corrected chi connectivity index (χ4v) is 4.61. The molecule has 0 bridgehead atoms. The minimum absolute atomic E-state index is 0.277. The number of amides is 1. The zero-order valence-corrected chi connectivity index (χ0v) is 19.0. The number of aromatic nitrogens is 4. The SMILES string of the molecule is Cc1ncc(CNc2nccc(-c3csc(-c4cccc(C5(O)CCN(C)C5=O)c4)n3)n2)o1. The van der Waals surface area contributed by atoms with Crippen LogP contribution in [0.2, 0.25) is 0 Å². The lowest BCUT2D eigenvalue weighted by atomic mass is 9.91. The van der Waals surface area contributed by atoms with Gasteiger partial charge in [0.25, 0.3) is 5.91 Å². The normalized spacial score (nSPS) is 18.2. The number of oxazole rings is 1. The quantitative estimate of drug-likeness (QED) is 0.449. The first-order chi connectivity index (χ1) is 15.9. The summed E-state index contributed by atoms with van der Waals surface area (Å²) < 4.78 is 5.46. The molecule has 0 radical (unpaired) electrons. The molecule has 1 amide bonds. The topological polar surface area (TPSA) is 117 Å². The van der Waals surface area contributed by atoms with Gasteiger partial charge in [-0.2, -0.15) is 0 Å². The predicted octanol–water partition coefficient (Wildman–Crippen LogP) is 3.23. The maximum absolute atomic E-state index is 12.5. The summed E-state index contributed by atoms with van der Waals surface area (Å²) in [6.07, 6.45) is 3.72. The highest BCUT2D eigenvalue weighted by Gasteiger charge is 2.45. The monoisotopic (exact) mass is 462 g/mol. The van der Waals surface area contributed by atoms with Gasteiger partial charge in [-0.1, -0.05) is 18.2 Å². The summed E-state index contributed by atoms with van der Waals surface area (Å²) >= 11 is 1.48. The molecule has 1 unspecified atom stereocenters. The first kappa shape index (κ1) is 21.2. The van der Waals surface area contributed by atoms with Gasteiger partial charge in [0.2, 0.25) is 5.95 Å². The van der Waals surface area contributed by atoms with E-state index in [1.54, 1.807) is 43.4 Å². The van der Waals surface area contributed by atoms with Gasteiger partial charge < -0.3 is 19.7 Å². The van der Waals surface area contributed by atoms with E-state index in [0.717, 1.165) is 16.3 Å². The molecule has 4 heterocycles. The fourth-order valence-electron chi connectivity index (χ4n) is 3.79. The van der Waals surface area contributed by atoms with Crippen LogP contribution in [0.15, 0.2) is 52.5 Å². The second-order valence-electron chi connectivity index (χ2n) is 7.92. The van der Waals surface area contributed by atoms with E-state index in [9.17, 15) is 9.90 Å². The molecule has 1 saturated heterocycles. The molecule has 0 spiro atoms. The Morgan fingerprint density at radius 2 is 2.12 bits per heavy atom. The Hall–Kier alpha value is -3.63. The molecule has 0 aliphatic carbocycles. The zero-order valence-electron chi connectivity index (χ0n) is 18.1. The average Bonchev–Trinajstić information content (AvgIpc) is 3.55. The van der Waals surface area contributed by atoms with Crippen molar-refractivity contribution < 1.29 is 14.3 Å². The standard InChI is InChI=1S/C23H22N6O3S/c1-14-25-11-17(32-14)12-26-22-24-8-6-18(28-22)19-13-33-20(27-19)15-4-3-5-16(10-15)23(31)7-9-29(2)21(23)30/h3-6,8,10-11,13,31H,7,9,12H2,1-2H3,(H,24,26,28). The Kier molecular flexibility index (Phi) is 5.39. The number of likely N-dealkylation sites (N-methyl/N-ethyl adjacent to an activating group) is 1. The number of carbonyl (C=O) groups excluding carboxylic acids is 1. The molecule has 1 fully saturated rings. The Balaban J connectivity index is 1.36. The Morgan fingerprint density at radius 3 is 2.88 bits per heavy atom.